The molecule has 7 heteroatoms. The van der Waals surface area contributed by atoms with Gasteiger partial charge in [-0.15, -0.1) is 24.0 Å². The molecular weight excluding hydrogens is 439 g/mol. The third-order valence-corrected chi connectivity index (χ3v) is 4.43. The summed E-state index contributed by atoms with van der Waals surface area (Å²) in [6, 6.07) is 10.5. The van der Waals surface area contributed by atoms with Gasteiger partial charge in [0.05, 0.1) is 18.8 Å². The molecule has 0 fully saturated rings. The van der Waals surface area contributed by atoms with Gasteiger partial charge in [0.2, 0.25) is 0 Å². The zero-order valence-corrected chi connectivity index (χ0v) is 18.1. The zero-order chi connectivity index (χ0) is 17.8. The maximum Gasteiger partial charge on any atom is 0.191 e. The number of halogens is 1. The van der Waals surface area contributed by atoms with Crippen molar-refractivity contribution in [2.45, 2.75) is 33.9 Å². The van der Waals surface area contributed by atoms with Crippen molar-refractivity contribution in [2.24, 2.45) is 12.0 Å². The van der Waals surface area contributed by atoms with Gasteiger partial charge in [0.15, 0.2) is 5.96 Å². The molecule has 3 aromatic rings. The highest BCUT2D eigenvalue weighted by molar-refractivity contribution is 14.0. The van der Waals surface area contributed by atoms with Crippen LogP contribution in [0.5, 0.6) is 0 Å². The molecule has 3 N–H and O–H groups in total. The van der Waals surface area contributed by atoms with E-state index < -0.39 is 0 Å². The molecule has 0 aliphatic heterocycles. The SMILES string of the molecule is CCNC(=NCc1c(C)nn(C)c1C)NCc1cc2ccccc2[nH]1.I. The number of aryl methyl sites for hydroxylation is 2. The summed E-state index contributed by atoms with van der Waals surface area (Å²) in [5.74, 6) is 0.809. The molecule has 0 unspecified atom stereocenters. The molecule has 0 amide bonds. The molecule has 140 valence electrons. The molecular formula is C19H27IN6. The summed E-state index contributed by atoms with van der Waals surface area (Å²) in [6.07, 6.45) is 0. The smallest absolute Gasteiger partial charge is 0.191 e. The standard InChI is InChI=1S/C19H26N6.HI/c1-5-20-19(22-12-17-13(2)24-25(4)14(17)3)21-11-16-10-15-8-6-7-9-18(15)23-16;/h6-10,23H,5,11-12H2,1-4H3,(H2,20,21,22);1H. The summed E-state index contributed by atoms with van der Waals surface area (Å²) >= 11 is 0. The molecule has 0 aliphatic carbocycles. The Bertz CT molecular complexity index is 860. The van der Waals surface area contributed by atoms with Crippen molar-refractivity contribution >= 4 is 40.8 Å². The Balaban J connectivity index is 0.00000243. The van der Waals surface area contributed by atoms with Crippen LogP contribution >= 0.6 is 24.0 Å². The van der Waals surface area contributed by atoms with Crippen molar-refractivity contribution in [3.63, 3.8) is 0 Å². The predicted molar refractivity (Wildman–Crippen MR) is 118 cm³/mol. The monoisotopic (exact) mass is 466 g/mol. The molecule has 0 radical (unpaired) electrons. The lowest BCUT2D eigenvalue weighted by Gasteiger charge is -2.10. The Morgan fingerprint density at radius 3 is 2.65 bits per heavy atom. The van der Waals surface area contributed by atoms with Crippen molar-refractivity contribution in [3.8, 4) is 0 Å². The maximum atomic E-state index is 4.71. The lowest BCUT2D eigenvalue weighted by atomic mass is 10.2. The molecule has 6 nitrogen and oxygen atoms in total. The van der Waals surface area contributed by atoms with Gasteiger partial charge in [-0.1, -0.05) is 18.2 Å². The highest BCUT2D eigenvalue weighted by Crippen LogP contribution is 2.15. The third kappa shape index (κ3) is 4.57. The van der Waals surface area contributed by atoms with Crippen LogP contribution in [0.3, 0.4) is 0 Å². The van der Waals surface area contributed by atoms with E-state index >= 15 is 0 Å². The molecule has 1 aromatic carbocycles. The van der Waals surface area contributed by atoms with E-state index in [1.54, 1.807) is 0 Å². The summed E-state index contributed by atoms with van der Waals surface area (Å²) < 4.78 is 1.91. The topological polar surface area (TPSA) is 70.0 Å². The number of para-hydroxylation sites is 1. The van der Waals surface area contributed by atoms with Gasteiger partial charge in [0, 0.05) is 36.1 Å². The highest BCUT2D eigenvalue weighted by atomic mass is 127. The van der Waals surface area contributed by atoms with Crippen molar-refractivity contribution < 1.29 is 0 Å². The van der Waals surface area contributed by atoms with E-state index in [0.717, 1.165) is 35.1 Å². The first-order valence-electron chi connectivity index (χ1n) is 8.66. The number of hydrogen-bond acceptors (Lipinski definition) is 2. The van der Waals surface area contributed by atoms with E-state index in [4.69, 9.17) is 4.99 Å². The molecule has 0 spiro atoms. The van der Waals surface area contributed by atoms with Gasteiger partial charge in [-0.2, -0.15) is 5.10 Å². The van der Waals surface area contributed by atoms with E-state index in [-0.39, 0.29) is 24.0 Å². The Labute approximate surface area is 171 Å². The lowest BCUT2D eigenvalue weighted by Crippen LogP contribution is -2.36. The van der Waals surface area contributed by atoms with Crippen LogP contribution in [0.25, 0.3) is 10.9 Å². The maximum absolute atomic E-state index is 4.71. The number of aromatic nitrogens is 3. The van der Waals surface area contributed by atoms with Crippen LogP contribution in [0, 0.1) is 13.8 Å². The van der Waals surface area contributed by atoms with Gasteiger partial charge >= 0.3 is 0 Å². The molecule has 0 saturated heterocycles. The number of nitrogens with one attached hydrogen (secondary N) is 3. The summed E-state index contributed by atoms with van der Waals surface area (Å²) in [5.41, 5.74) is 5.68. The molecule has 3 rings (SSSR count). The highest BCUT2D eigenvalue weighted by Gasteiger charge is 2.09. The van der Waals surface area contributed by atoms with Gasteiger partial charge in [0.25, 0.3) is 0 Å². The first-order valence-corrected chi connectivity index (χ1v) is 8.66. The van der Waals surface area contributed by atoms with Crippen LogP contribution in [0.1, 0.15) is 29.6 Å². The molecule has 0 bridgehead atoms. The van der Waals surface area contributed by atoms with Gasteiger partial charge < -0.3 is 15.6 Å². The van der Waals surface area contributed by atoms with Crippen LogP contribution < -0.4 is 10.6 Å². The first kappa shape index (κ1) is 20.3. The minimum absolute atomic E-state index is 0. The molecule has 0 aliphatic rings. The van der Waals surface area contributed by atoms with Crippen LogP contribution in [0.4, 0.5) is 0 Å². The minimum Gasteiger partial charge on any atom is -0.357 e. The Hall–Kier alpha value is -2.03. The van der Waals surface area contributed by atoms with E-state index in [9.17, 15) is 0 Å². The Kier molecular flexibility index (Phi) is 7.07. The summed E-state index contributed by atoms with van der Waals surface area (Å²) in [4.78, 5) is 8.14. The van der Waals surface area contributed by atoms with Gasteiger partial charge in [0.1, 0.15) is 0 Å². The molecule has 2 aromatic heterocycles. The quantitative estimate of drug-likeness (QED) is 0.307. The zero-order valence-electron chi connectivity index (χ0n) is 15.8. The first-order chi connectivity index (χ1) is 12.1. The number of aromatic amines is 1. The Morgan fingerprint density at radius 2 is 2.00 bits per heavy atom. The number of benzene rings is 1. The number of guanidine groups is 1. The van der Waals surface area contributed by atoms with Crippen LogP contribution in [0.2, 0.25) is 0 Å². The van der Waals surface area contributed by atoms with E-state index in [1.165, 1.54) is 10.9 Å². The number of rotatable bonds is 5. The van der Waals surface area contributed by atoms with Crippen LogP contribution in [0.15, 0.2) is 35.3 Å². The van der Waals surface area contributed by atoms with Crippen molar-refractivity contribution in [1.29, 1.82) is 0 Å². The predicted octanol–water partition coefficient (Wildman–Crippen LogP) is 3.39. The average molecular weight is 466 g/mol. The number of H-pyrrole nitrogens is 1. The minimum atomic E-state index is 0. The van der Waals surface area contributed by atoms with Gasteiger partial charge in [-0.3, -0.25) is 4.68 Å². The van der Waals surface area contributed by atoms with E-state index in [0.29, 0.717) is 13.1 Å². The summed E-state index contributed by atoms with van der Waals surface area (Å²) in [7, 11) is 1.97. The fraction of sp³-hybridized carbons (Fsp3) is 0.368. The molecule has 0 atom stereocenters. The van der Waals surface area contributed by atoms with Gasteiger partial charge in [-0.25, -0.2) is 4.99 Å². The molecule has 2 heterocycles. The lowest BCUT2D eigenvalue weighted by molar-refractivity contribution is 0.730. The van der Waals surface area contributed by atoms with E-state index in [1.807, 2.05) is 24.7 Å². The van der Waals surface area contributed by atoms with Crippen LogP contribution in [-0.2, 0) is 20.1 Å². The Morgan fingerprint density at radius 1 is 1.23 bits per heavy atom. The van der Waals surface area contributed by atoms with Gasteiger partial charge in [-0.05, 0) is 38.3 Å². The molecule has 26 heavy (non-hydrogen) atoms. The second-order valence-corrected chi connectivity index (χ2v) is 6.20. The number of nitrogens with zero attached hydrogens (tertiary/aromatic N) is 3. The number of aliphatic imine (C=N–C) groups is 1. The van der Waals surface area contributed by atoms with Crippen molar-refractivity contribution in [3.05, 3.63) is 53.0 Å². The fourth-order valence-electron chi connectivity index (χ4n) is 2.95. The van der Waals surface area contributed by atoms with Crippen LogP contribution in [-0.4, -0.2) is 27.3 Å². The second kappa shape index (κ2) is 9.07. The second-order valence-electron chi connectivity index (χ2n) is 6.20. The average Bonchev–Trinajstić information content (AvgIpc) is 3.11. The summed E-state index contributed by atoms with van der Waals surface area (Å²) in [6.45, 7) is 8.32. The normalized spacial score (nSPS) is 11.5. The summed E-state index contributed by atoms with van der Waals surface area (Å²) in [5, 5.41) is 12.4. The third-order valence-electron chi connectivity index (χ3n) is 4.43. The fourth-order valence-corrected chi connectivity index (χ4v) is 2.95. The number of hydrogen-bond donors (Lipinski definition) is 3. The van der Waals surface area contributed by atoms with E-state index in [2.05, 4.69) is 58.8 Å². The van der Waals surface area contributed by atoms with Crippen molar-refractivity contribution in [2.75, 3.05) is 6.54 Å². The largest absolute Gasteiger partial charge is 0.357 e. The number of fused-ring (bicyclic) bond motifs is 1. The molecule has 0 saturated carbocycles. The van der Waals surface area contributed by atoms with Crippen molar-refractivity contribution in [1.82, 2.24) is 25.4 Å².